The van der Waals surface area contributed by atoms with E-state index in [1.54, 1.807) is 6.92 Å². The van der Waals surface area contributed by atoms with Crippen LogP contribution in [0, 0.1) is 0 Å². The number of aromatic amines is 1. The summed E-state index contributed by atoms with van der Waals surface area (Å²) in [6.45, 7) is 1.62. The minimum Gasteiger partial charge on any atom is -0.294 e. The maximum absolute atomic E-state index is 12.1. The number of Topliss-reactive ketones (excluding diaryl/α,β-unsaturated/α-hetero) is 1. The van der Waals surface area contributed by atoms with Gasteiger partial charge in [-0.2, -0.15) is 5.10 Å². The number of halogens is 2. The molecule has 1 aromatic rings. The number of rotatable bonds is 3. The van der Waals surface area contributed by atoms with Crippen LogP contribution in [0.4, 0.5) is 8.78 Å². The van der Waals surface area contributed by atoms with Crippen molar-refractivity contribution in [1.82, 2.24) is 10.2 Å². The molecule has 0 saturated heterocycles. The predicted molar refractivity (Wildman–Crippen MR) is 38.2 cm³/mol. The Morgan fingerprint density at radius 3 is 2.92 bits per heavy atom. The predicted octanol–water partition coefficient (Wildman–Crippen LogP) is 1.94. The molecule has 66 valence electrons. The molecule has 0 saturated carbocycles. The van der Waals surface area contributed by atoms with E-state index in [9.17, 15) is 13.6 Å². The zero-order valence-corrected chi connectivity index (χ0v) is 6.47. The van der Waals surface area contributed by atoms with Crippen LogP contribution in [0.25, 0.3) is 0 Å². The first-order valence-electron chi connectivity index (χ1n) is 3.51. The number of aromatic nitrogens is 2. The van der Waals surface area contributed by atoms with Gasteiger partial charge in [-0.3, -0.25) is 9.89 Å². The molecule has 1 N–H and O–H groups in total. The van der Waals surface area contributed by atoms with Crippen LogP contribution in [0.2, 0.25) is 0 Å². The third kappa shape index (κ3) is 1.49. The zero-order chi connectivity index (χ0) is 9.14. The van der Waals surface area contributed by atoms with E-state index >= 15 is 0 Å². The fourth-order valence-electron chi connectivity index (χ4n) is 0.881. The summed E-state index contributed by atoms with van der Waals surface area (Å²) in [7, 11) is 0. The van der Waals surface area contributed by atoms with Gasteiger partial charge in [-0.05, 0) is 0 Å². The largest absolute Gasteiger partial charge is 0.294 e. The third-order valence-electron chi connectivity index (χ3n) is 1.50. The number of alkyl halides is 2. The van der Waals surface area contributed by atoms with Gasteiger partial charge in [0.2, 0.25) is 0 Å². The van der Waals surface area contributed by atoms with Gasteiger partial charge in [0.1, 0.15) is 5.69 Å². The van der Waals surface area contributed by atoms with E-state index < -0.39 is 12.1 Å². The molecule has 0 fully saturated rings. The second kappa shape index (κ2) is 3.42. The molecule has 1 aromatic heterocycles. The number of ketones is 1. The van der Waals surface area contributed by atoms with Crippen LogP contribution in [0.1, 0.15) is 35.8 Å². The van der Waals surface area contributed by atoms with Crippen molar-refractivity contribution in [2.45, 2.75) is 19.8 Å². The van der Waals surface area contributed by atoms with Crippen molar-refractivity contribution < 1.29 is 13.6 Å². The molecule has 0 spiro atoms. The summed E-state index contributed by atoms with van der Waals surface area (Å²) in [6.07, 6.45) is -1.28. The molecular weight excluding hydrogens is 166 g/mol. The Morgan fingerprint density at radius 2 is 2.42 bits per heavy atom. The van der Waals surface area contributed by atoms with Crippen LogP contribution in [0.3, 0.4) is 0 Å². The van der Waals surface area contributed by atoms with Crippen LogP contribution in [0.15, 0.2) is 6.20 Å². The lowest BCUT2D eigenvalue weighted by atomic mass is 10.1. The smallest absolute Gasteiger partial charge is 0.282 e. The second-order valence-corrected chi connectivity index (χ2v) is 2.26. The Kier molecular flexibility index (Phi) is 2.52. The number of H-pyrrole nitrogens is 1. The van der Waals surface area contributed by atoms with Gasteiger partial charge in [-0.25, -0.2) is 8.78 Å². The van der Waals surface area contributed by atoms with Crippen molar-refractivity contribution in [3.05, 3.63) is 17.5 Å². The average molecular weight is 174 g/mol. The minimum absolute atomic E-state index is 0.00694. The number of nitrogens with one attached hydrogen (secondary N) is 1. The summed E-state index contributed by atoms with van der Waals surface area (Å²) in [6, 6.07) is 0. The second-order valence-electron chi connectivity index (χ2n) is 2.26. The Labute approximate surface area is 67.8 Å². The third-order valence-corrected chi connectivity index (χ3v) is 1.50. The maximum atomic E-state index is 12.1. The lowest BCUT2D eigenvalue weighted by Crippen LogP contribution is -2.00. The highest BCUT2D eigenvalue weighted by atomic mass is 19.3. The van der Waals surface area contributed by atoms with E-state index in [1.165, 1.54) is 6.20 Å². The monoisotopic (exact) mass is 174 g/mol. The first kappa shape index (κ1) is 8.83. The van der Waals surface area contributed by atoms with Crippen LogP contribution in [-0.2, 0) is 0 Å². The fourth-order valence-corrected chi connectivity index (χ4v) is 0.881. The van der Waals surface area contributed by atoms with E-state index in [4.69, 9.17) is 0 Å². The first-order valence-corrected chi connectivity index (χ1v) is 3.51. The highest BCUT2D eigenvalue weighted by Crippen LogP contribution is 2.20. The van der Waals surface area contributed by atoms with Crippen molar-refractivity contribution in [2.24, 2.45) is 0 Å². The molecule has 0 atom stereocenters. The highest BCUT2D eigenvalue weighted by Gasteiger charge is 2.19. The van der Waals surface area contributed by atoms with Crippen LogP contribution in [-0.4, -0.2) is 16.0 Å². The van der Waals surface area contributed by atoms with Gasteiger partial charge in [0.15, 0.2) is 5.78 Å². The molecule has 12 heavy (non-hydrogen) atoms. The number of hydrogen-bond donors (Lipinski definition) is 1. The fraction of sp³-hybridized carbons (Fsp3) is 0.429. The topological polar surface area (TPSA) is 45.8 Å². The molecule has 0 aliphatic carbocycles. The standard InChI is InChI=1S/C7H8F2N2O/c1-2-5(12)4-3-10-11-6(4)7(8)9/h3,7H,2H2,1H3,(H,10,11). The molecule has 0 aliphatic rings. The SMILES string of the molecule is CCC(=O)c1c[nH]nc1C(F)F. The Hall–Kier alpha value is -1.26. The van der Waals surface area contributed by atoms with E-state index in [0.717, 1.165) is 0 Å². The average Bonchev–Trinajstić information content (AvgIpc) is 2.50. The van der Waals surface area contributed by atoms with E-state index in [0.29, 0.717) is 0 Å². The van der Waals surface area contributed by atoms with Gasteiger partial charge in [0.05, 0.1) is 5.56 Å². The normalized spacial score (nSPS) is 10.7. The van der Waals surface area contributed by atoms with Crippen molar-refractivity contribution in [1.29, 1.82) is 0 Å². The molecule has 0 aliphatic heterocycles. The summed E-state index contributed by atoms with van der Waals surface area (Å²) >= 11 is 0. The summed E-state index contributed by atoms with van der Waals surface area (Å²) in [5.41, 5.74) is -0.464. The van der Waals surface area contributed by atoms with Crippen LogP contribution >= 0.6 is 0 Å². The lowest BCUT2D eigenvalue weighted by Gasteiger charge is -1.96. The number of carbonyl (C=O) groups is 1. The van der Waals surface area contributed by atoms with Crippen molar-refractivity contribution in [3.8, 4) is 0 Å². The molecule has 0 aromatic carbocycles. The molecule has 1 rings (SSSR count). The molecular formula is C7H8F2N2O. The van der Waals surface area contributed by atoms with Gasteiger partial charge in [-0.1, -0.05) is 6.92 Å². The summed E-state index contributed by atoms with van der Waals surface area (Å²) in [5.74, 6) is -0.320. The van der Waals surface area contributed by atoms with Gasteiger partial charge < -0.3 is 0 Å². The molecule has 0 radical (unpaired) electrons. The van der Waals surface area contributed by atoms with Gasteiger partial charge in [0.25, 0.3) is 6.43 Å². The van der Waals surface area contributed by atoms with E-state index in [-0.39, 0.29) is 17.8 Å². The molecule has 0 bridgehead atoms. The lowest BCUT2D eigenvalue weighted by molar-refractivity contribution is 0.0973. The number of nitrogens with zero attached hydrogens (tertiary/aromatic N) is 1. The molecule has 1 heterocycles. The number of carbonyl (C=O) groups excluding carboxylic acids is 1. The van der Waals surface area contributed by atoms with Crippen LogP contribution < -0.4 is 0 Å². The highest BCUT2D eigenvalue weighted by molar-refractivity contribution is 5.96. The molecule has 0 unspecified atom stereocenters. The van der Waals surface area contributed by atoms with Crippen molar-refractivity contribution in [2.75, 3.05) is 0 Å². The molecule has 0 amide bonds. The Balaban J connectivity index is 2.99. The Morgan fingerprint density at radius 1 is 1.75 bits per heavy atom. The quantitative estimate of drug-likeness (QED) is 0.711. The summed E-state index contributed by atoms with van der Waals surface area (Å²) in [4.78, 5) is 11.0. The molecule has 5 heteroatoms. The zero-order valence-electron chi connectivity index (χ0n) is 6.47. The van der Waals surface area contributed by atoms with E-state index in [1.807, 2.05) is 0 Å². The Bertz CT molecular complexity index is 283. The van der Waals surface area contributed by atoms with Gasteiger partial charge >= 0.3 is 0 Å². The first-order chi connectivity index (χ1) is 5.66. The van der Waals surface area contributed by atoms with Gasteiger partial charge in [0, 0.05) is 12.6 Å². The van der Waals surface area contributed by atoms with Gasteiger partial charge in [-0.15, -0.1) is 0 Å². The summed E-state index contributed by atoms with van der Waals surface area (Å²) in [5, 5.41) is 5.53. The van der Waals surface area contributed by atoms with E-state index in [2.05, 4.69) is 10.2 Å². The minimum atomic E-state index is -2.69. The van der Waals surface area contributed by atoms with Crippen molar-refractivity contribution in [3.63, 3.8) is 0 Å². The molecule has 3 nitrogen and oxygen atoms in total. The summed E-state index contributed by atoms with van der Waals surface area (Å²) < 4.78 is 24.2. The van der Waals surface area contributed by atoms with Crippen LogP contribution in [0.5, 0.6) is 0 Å². The number of hydrogen-bond acceptors (Lipinski definition) is 2. The van der Waals surface area contributed by atoms with Crippen molar-refractivity contribution >= 4 is 5.78 Å². The maximum Gasteiger partial charge on any atom is 0.282 e.